The minimum absolute atomic E-state index is 0.182. The molecule has 0 aliphatic rings. The van der Waals surface area contributed by atoms with Gasteiger partial charge < -0.3 is 16.6 Å². The Balaban J connectivity index is 2.53. The Morgan fingerprint density at radius 1 is 1.04 bits per heavy atom. The maximum Gasteiger partial charge on any atom is 0.313 e. The zero-order valence-electron chi connectivity index (χ0n) is 13.1. The highest BCUT2D eigenvalue weighted by Crippen LogP contribution is 2.35. The number of benzene rings is 2. The van der Waals surface area contributed by atoms with Gasteiger partial charge in [0.25, 0.3) is 0 Å². The van der Waals surface area contributed by atoms with Crippen LogP contribution in [-0.2, 0) is 15.2 Å². The lowest BCUT2D eigenvalue weighted by Crippen LogP contribution is -2.37. The van der Waals surface area contributed by atoms with Gasteiger partial charge in [0.05, 0.1) is 6.42 Å². The lowest BCUT2D eigenvalue weighted by atomic mass is 9.81. The van der Waals surface area contributed by atoms with E-state index >= 15 is 0 Å². The minimum atomic E-state index is -1.81. The molecule has 0 spiro atoms. The number of carbonyl (C=O) groups is 2. The third-order valence-corrected chi connectivity index (χ3v) is 3.68. The molecule has 0 saturated carbocycles. The maximum absolute atomic E-state index is 12.1. The first-order valence-corrected chi connectivity index (χ1v) is 7.18. The summed E-state index contributed by atoms with van der Waals surface area (Å²) >= 11 is 0. The Kier molecular flexibility index (Phi) is 4.87. The third kappa shape index (κ3) is 3.53. The number of anilines is 2. The van der Waals surface area contributed by atoms with E-state index in [4.69, 9.17) is 16.7 Å². The molecule has 2 aromatic rings. The summed E-state index contributed by atoms with van der Waals surface area (Å²) in [7, 11) is 1.04. The molecule has 2 rings (SSSR count). The predicted molar refractivity (Wildman–Crippen MR) is 88.9 cm³/mol. The molecule has 0 radical (unpaired) electrons. The van der Waals surface area contributed by atoms with Gasteiger partial charge in [-0.3, -0.25) is 14.8 Å². The second-order valence-electron chi connectivity index (χ2n) is 5.54. The molecule has 0 fully saturated rings. The van der Waals surface area contributed by atoms with Gasteiger partial charge in [-0.25, -0.2) is 5.06 Å². The van der Waals surface area contributed by atoms with Crippen LogP contribution in [0.25, 0.3) is 0 Å². The van der Waals surface area contributed by atoms with Crippen molar-refractivity contribution in [3.63, 3.8) is 0 Å². The molecule has 1 amide bonds. The smallest absolute Gasteiger partial charge is 0.313 e. The Morgan fingerprint density at radius 3 is 1.88 bits per heavy atom. The van der Waals surface area contributed by atoms with Crippen molar-refractivity contribution in [2.24, 2.45) is 0 Å². The average Bonchev–Trinajstić information content (AvgIpc) is 2.53. The van der Waals surface area contributed by atoms with Gasteiger partial charge in [0, 0.05) is 18.4 Å². The normalized spacial score (nSPS) is 11.1. The van der Waals surface area contributed by atoms with Crippen LogP contribution in [0.4, 0.5) is 11.4 Å². The van der Waals surface area contributed by atoms with E-state index in [-0.39, 0.29) is 5.06 Å². The largest absolute Gasteiger partial charge is 0.399 e. The Morgan fingerprint density at radius 2 is 1.50 bits per heavy atom. The standard InChI is InChI=1S/C17H19N3O4/c1-20(24)16(22)15(21)10-17(23,11-4-2-6-13(18)8-11)12-5-3-7-14(19)9-12/h2-9,23-24H,10,18-19H2,1H3. The molecule has 126 valence electrons. The number of amides is 1. The second kappa shape index (κ2) is 6.69. The second-order valence-corrected chi connectivity index (χ2v) is 5.54. The Bertz CT molecular complexity index is 728. The highest BCUT2D eigenvalue weighted by molar-refractivity contribution is 6.35. The molecule has 2 aromatic carbocycles. The molecule has 6 N–H and O–H groups in total. The Hall–Kier alpha value is -2.90. The van der Waals surface area contributed by atoms with Gasteiger partial charge in [-0.2, -0.15) is 0 Å². The zero-order chi connectivity index (χ0) is 17.9. The predicted octanol–water partition coefficient (Wildman–Crippen LogP) is 0.894. The van der Waals surface area contributed by atoms with Crippen LogP contribution in [0.3, 0.4) is 0 Å². The number of nitrogens with two attached hydrogens (primary N) is 2. The molecule has 24 heavy (non-hydrogen) atoms. The van der Waals surface area contributed by atoms with Crippen molar-refractivity contribution in [1.29, 1.82) is 0 Å². The van der Waals surface area contributed by atoms with Crippen molar-refractivity contribution in [3.8, 4) is 0 Å². The van der Waals surface area contributed by atoms with Crippen LogP contribution in [0.2, 0.25) is 0 Å². The van der Waals surface area contributed by atoms with E-state index in [1.54, 1.807) is 36.4 Å². The van der Waals surface area contributed by atoms with Crippen molar-refractivity contribution in [1.82, 2.24) is 5.06 Å². The summed E-state index contributed by atoms with van der Waals surface area (Å²) in [4.78, 5) is 23.8. The van der Waals surface area contributed by atoms with Crippen LogP contribution in [0.5, 0.6) is 0 Å². The third-order valence-electron chi connectivity index (χ3n) is 3.68. The van der Waals surface area contributed by atoms with Crippen LogP contribution in [-0.4, -0.2) is 34.1 Å². The van der Waals surface area contributed by atoms with Crippen molar-refractivity contribution in [2.75, 3.05) is 18.5 Å². The number of nitrogen functional groups attached to an aromatic ring is 2. The van der Waals surface area contributed by atoms with Crippen LogP contribution < -0.4 is 11.5 Å². The van der Waals surface area contributed by atoms with E-state index in [2.05, 4.69) is 0 Å². The molecule has 0 unspecified atom stereocenters. The SMILES string of the molecule is CN(O)C(=O)C(=O)CC(O)(c1cccc(N)c1)c1cccc(N)c1. The molecule has 7 nitrogen and oxygen atoms in total. The zero-order valence-corrected chi connectivity index (χ0v) is 13.1. The molecular weight excluding hydrogens is 310 g/mol. The molecule has 0 heterocycles. The molecule has 0 saturated heterocycles. The van der Waals surface area contributed by atoms with Gasteiger partial charge in [0.1, 0.15) is 5.60 Å². The first-order chi connectivity index (χ1) is 11.2. The van der Waals surface area contributed by atoms with Crippen molar-refractivity contribution in [2.45, 2.75) is 12.0 Å². The first-order valence-electron chi connectivity index (χ1n) is 7.18. The number of ketones is 1. The van der Waals surface area contributed by atoms with E-state index < -0.39 is 23.7 Å². The van der Waals surface area contributed by atoms with Gasteiger partial charge in [-0.15, -0.1) is 0 Å². The monoisotopic (exact) mass is 329 g/mol. The summed E-state index contributed by atoms with van der Waals surface area (Å²) in [6.07, 6.45) is -0.566. The van der Waals surface area contributed by atoms with Gasteiger partial charge in [-0.1, -0.05) is 24.3 Å². The highest BCUT2D eigenvalue weighted by atomic mass is 16.5. The quantitative estimate of drug-likeness (QED) is 0.279. The van der Waals surface area contributed by atoms with Crippen molar-refractivity contribution < 1.29 is 19.9 Å². The van der Waals surface area contributed by atoms with E-state index in [0.717, 1.165) is 7.05 Å². The van der Waals surface area contributed by atoms with Gasteiger partial charge >= 0.3 is 5.91 Å². The van der Waals surface area contributed by atoms with Crippen LogP contribution >= 0.6 is 0 Å². The van der Waals surface area contributed by atoms with Gasteiger partial charge in [0.2, 0.25) is 5.78 Å². The lowest BCUT2D eigenvalue weighted by Gasteiger charge is -2.29. The molecule has 7 heteroatoms. The van der Waals surface area contributed by atoms with Crippen molar-refractivity contribution in [3.05, 3.63) is 59.7 Å². The van der Waals surface area contributed by atoms with Crippen LogP contribution in [0.15, 0.2) is 48.5 Å². The number of carbonyl (C=O) groups excluding carboxylic acids is 2. The number of hydrogen-bond acceptors (Lipinski definition) is 6. The molecule has 0 aliphatic heterocycles. The van der Waals surface area contributed by atoms with E-state index in [0.29, 0.717) is 22.5 Å². The summed E-state index contributed by atoms with van der Waals surface area (Å²) in [6, 6.07) is 12.8. The maximum atomic E-state index is 12.1. The summed E-state index contributed by atoms with van der Waals surface area (Å²) in [5.74, 6) is -2.08. The van der Waals surface area contributed by atoms with Crippen LogP contribution in [0.1, 0.15) is 17.5 Å². The summed E-state index contributed by atoms with van der Waals surface area (Å²) in [5, 5.41) is 20.6. The number of Topliss-reactive ketones (excluding diaryl/α,β-unsaturated/α-hetero) is 1. The number of hydroxylamine groups is 2. The van der Waals surface area contributed by atoms with E-state index in [1.807, 2.05) is 0 Å². The molecule has 0 aromatic heterocycles. The number of likely N-dealkylation sites (N-methyl/N-ethyl adjacent to an activating group) is 1. The van der Waals surface area contributed by atoms with Gasteiger partial charge in [-0.05, 0) is 35.4 Å². The van der Waals surface area contributed by atoms with Gasteiger partial charge in [0.15, 0.2) is 0 Å². The number of hydrogen-bond donors (Lipinski definition) is 4. The fraction of sp³-hybridized carbons (Fsp3) is 0.176. The molecule has 0 atom stereocenters. The van der Waals surface area contributed by atoms with E-state index in [1.165, 1.54) is 12.1 Å². The van der Waals surface area contributed by atoms with Crippen molar-refractivity contribution >= 4 is 23.1 Å². The van der Waals surface area contributed by atoms with E-state index in [9.17, 15) is 14.7 Å². The minimum Gasteiger partial charge on any atom is -0.399 e. The van der Waals surface area contributed by atoms with Crippen LogP contribution in [0, 0.1) is 0 Å². The summed E-state index contributed by atoms with van der Waals surface area (Å²) in [6.45, 7) is 0. The molecular formula is C17H19N3O4. The molecule has 0 aliphatic carbocycles. The highest BCUT2D eigenvalue weighted by Gasteiger charge is 2.37. The average molecular weight is 329 g/mol. The Labute approximate surface area is 139 Å². The fourth-order valence-corrected chi connectivity index (χ4v) is 2.45. The molecule has 0 bridgehead atoms. The number of rotatable bonds is 5. The summed E-state index contributed by atoms with van der Waals surface area (Å²) < 4.78 is 0. The summed E-state index contributed by atoms with van der Waals surface area (Å²) in [5.41, 5.74) is 11.2. The fourth-order valence-electron chi connectivity index (χ4n) is 2.45. The lowest BCUT2D eigenvalue weighted by molar-refractivity contribution is -0.166. The topological polar surface area (TPSA) is 130 Å². The first kappa shape index (κ1) is 17.5. The number of aliphatic hydroxyl groups is 1. The number of nitrogens with zero attached hydrogens (tertiary/aromatic N) is 1.